The zero-order valence-corrected chi connectivity index (χ0v) is 14.0. The van der Waals surface area contributed by atoms with Gasteiger partial charge < -0.3 is 31.9 Å². The predicted molar refractivity (Wildman–Crippen MR) is 77.3 cm³/mol. The van der Waals surface area contributed by atoms with Crippen molar-refractivity contribution in [3.8, 4) is 0 Å². The smallest absolute Gasteiger partial charge is 0.415 e. The number of primary amides is 1. The van der Waals surface area contributed by atoms with Crippen molar-refractivity contribution in [2.75, 3.05) is 0 Å². The Kier molecular flexibility index (Phi) is 10.7. The summed E-state index contributed by atoms with van der Waals surface area (Å²) in [5, 5.41) is 0. The van der Waals surface area contributed by atoms with E-state index in [1.165, 1.54) is 11.1 Å². The minimum absolute atomic E-state index is 0. The number of ether oxygens (including phenoxy) is 1. The molecule has 0 aromatic rings. The SMILES string of the molecule is CC(C)(C)OC(=O)N1C=CC[C@H]1C(N)=O.O=S(=O)([O-])[O-].[NH4+].[NH4+]. The number of quaternary nitrogens is 2. The molecule has 10 N–H and O–H groups in total. The number of hydrogen-bond acceptors (Lipinski definition) is 7. The monoisotopic (exact) mass is 344 g/mol. The van der Waals surface area contributed by atoms with E-state index in [0.29, 0.717) is 6.42 Å². The van der Waals surface area contributed by atoms with E-state index in [1.54, 1.807) is 26.8 Å². The van der Waals surface area contributed by atoms with Crippen molar-refractivity contribution in [3.63, 3.8) is 0 Å². The summed E-state index contributed by atoms with van der Waals surface area (Å²) >= 11 is 0. The normalized spacial score (nSPS) is 16.6. The Labute approximate surface area is 129 Å². The van der Waals surface area contributed by atoms with Crippen LogP contribution in [0.2, 0.25) is 0 Å². The number of rotatable bonds is 1. The molecule has 1 aliphatic rings. The Bertz CT molecular complexity index is 490. The largest absolute Gasteiger partial charge is 0.759 e. The number of nitrogens with two attached hydrogens (primary N) is 1. The van der Waals surface area contributed by atoms with Gasteiger partial charge >= 0.3 is 6.09 Å². The Balaban J connectivity index is -0.000000452. The van der Waals surface area contributed by atoms with Crippen LogP contribution >= 0.6 is 0 Å². The van der Waals surface area contributed by atoms with Crippen LogP contribution in [-0.2, 0) is 19.9 Å². The maximum Gasteiger partial charge on any atom is 0.415 e. The highest BCUT2D eigenvalue weighted by Crippen LogP contribution is 2.18. The van der Waals surface area contributed by atoms with Gasteiger partial charge in [0.1, 0.15) is 11.6 Å². The van der Waals surface area contributed by atoms with Crippen LogP contribution in [0.5, 0.6) is 0 Å². The van der Waals surface area contributed by atoms with Crippen LogP contribution in [0.25, 0.3) is 0 Å². The first-order valence-electron chi connectivity index (χ1n) is 5.45. The average molecular weight is 344 g/mol. The number of nitrogens with zero attached hydrogens (tertiary/aromatic N) is 1. The van der Waals surface area contributed by atoms with Crippen LogP contribution in [0.1, 0.15) is 27.2 Å². The van der Waals surface area contributed by atoms with Crippen molar-refractivity contribution in [2.24, 2.45) is 5.73 Å². The van der Waals surface area contributed by atoms with E-state index in [0.717, 1.165) is 0 Å². The van der Waals surface area contributed by atoms with Gasteiger partial charge in [-0.2, -0.15) is 0 Å². The van der Waals surface area contributed by atoms with Crippen molar-refractivity contribution in [3.05, 3.63) is 12.3 Å². The fourth-order valence-corrected chi connectivity index (χ4v) is 1.28. The lowest BCUT2D eigenvalue weighted by Gasteiger charge is -2.26. The van der Waals surface area contributed by atoms with Crippen LogP contribution in [0.4, 0.5) is 4.79 Å². The van der Waals surface area contributed by atoms with Gasteiger partial charge in [-0.05, 0) is 27.2 Å². The summed E-state index contributed by atoms with van der Waals surface area (Å²) in [6.45, 7) is 5.30. The van der Waals surface area contributed by atoms with E-state index in [-0.39, 0.29) is 12.3 Å². The molecule has 0 aliphatic carbocycles. The van der Waals surface area contributed by atoms with Crippen LogP contribution < -0.4 is 18.0 Å². The van der Waals surface area contributed by atoms with Crippen molar-refractivity contribution >= 4 is 22.4 Å². The highest BCUT2D eigenvalue weighted by molar-refractivity contribution is 7.79. The fourth-order valence-electron chi connectivity index (χ4n) is 1.28. The van der Waals surface area contributed by atoms with Crippen LogP contribution in [0.15, 0.2) is 12.3 Å². The van der Waals surface area contributed by atoms with E-state index in [2.05, 4.69) is 0 Å². The molecule has 1 aliphatic heterocycles. The van der Waals surface area contributed by atoms with Gasteiger partial charge in [-0.3, -0.25) is 18.1 Å². The van der Waals surface area contributed by atoms with E-state index in [9.17, 15) is 9.59 Å². The first-order chi connectivity index (χ1) is 8.81. The van der Waals surface area contributed by atoms with Crippen molar-refractivity contribution in [1.82, 2.24) is 17.2 Å². The number of carbonyl (C=O) groups is 2. The summed E-state index contributed by atoms with van der Waals surface area (Å²) in [6, 6.07) is -0.611. The molecule has 0 saturated carbocycles. The van der Waals surface area contributed by atoms with Crippen LogP contribution in [-0.4, -0.2) is 46.1 Å². The number of amides is 2. The predicted octanol–water partition coefficient (Wildman–Crippen LogP) is 0.409. The van der Waals surface area contributed by atoms with Gasteiger partial charge in [-0.25, -0.2) is 4.79 Å². The summed E-state index contributed by atoms with van der Waals surface area (Å²) in [5.41, 5.74) is 4.59. The second kappa shape index (κ2) is 9.32. The molecule has 0 aromatic carbocycles. The summed E-state index contributed by atoms with van der Waals surface area (Å²) in [6.07, 6.45) is 3.16. The molecule has 1 heterocycles. The quantitative estimate of drug-likeness (QED) is 0.447. The molecule has 22 heavy (non-hydrogen) atoms. The zero-order valence-electron chi connectivity index (χ0n) is 13.2. The van der Waals surface area contributed by atoms with Crippen molar-refractivity contribution in [1.29, 1.82) is 0 Å². The van der Waals surface area contributed by atoms with Gasteiger partial charge in [0.15, 0.2) is 0 Å². The Morgan fingerprint density at radius 2 is 1.68 bits per heavy atom. The van der Waals surface area contributed by atoms with Gasteiger partial charge in [0.25, 0.3) is 0 Å². The molecular weight excluding hydrogens is 320 g/mol. The minimum Gasteiger partial charge on any atom is -0.759 e. The second-order valence-electron chi connectivity index (χ2n) is 4.83. The second-order valence-corrected chi connectivity index (χ2v) is 5.65. The molecule has 12 heteroatoms. The number of hydrogen-bond donors (Lipinski definition) is 3. The molecule has 0 saturated heterocycles. The summed E-state index contributed by atoms with van der Waals surface area (Å²) in [5.74, 6) is -0.522. The lowest BCUT2D eigenvalue weighted by molar-refractivity contribution is -0.121. The molecule has 0 spiro atoms. The highest BCUT2D eigenvalue weighted by atomic mass is 32.3. The first-order valence-corrected chi connectivity index (χ1v) is 6.78. The standard InChI is InChI=1S/C10H16N2O3.2H3N.H2O4S/c1-10(2,3)15-9(14)12-6-4-5-7(12)8(11)13;;;1-5(2,3)4/h4,6-7H,5H2,1-3H3,(H2,11,13);2*1H3;(H2,1,2,3,4)/t7-;;;/m0.../s1. The average Bonchev–Trinajstić information content (AvgIpc) is 2.59. The zero-order chi connectivity index (χ0) is 16.1. The highest BCUT2D eigenvalue weighted by Gasteiger charge is 2.32. The van der Waals surface area contributed by atoms with E-state index in [4.69, 9.17) is 28.0 Å². The first kappa shape index (κ1) is 25.2. The molecule has 132 valence electrons. The molecule has 0 aromatic heterocycles. The summed E-state index contributed by atoms with van der Waals surface area (Å²) in [4.78, 5) is 23.9. The molecule has 0 unspecified atom stereocenters. The third kappa shape index (κ3) is 12.0. The van der Waals surface area contributed by atoms with E-state index in [1.807, 2.05) is 0 Å². The Hall–Kier alpha value is -1.73. The molecule has 1 atom stereocenters. The van der Waals surface area contributed by atoms with E-state index < -0.39 is 34.0 Å². The summed E-state index contributed by atoms with van der Waals surface area (Å²) < 4.78 is 39.2. The van der Waals surface area contributed by atoms with Gasteiger partial charge in [-0.1, -0.05) is 6.08 Å². The van der Waals surface area contributed by atoms with Gasteiger partial charge in [0, 0.05) is 16.6 Å². The molecule has 1 rings (SSSR count). The molecular formula is C10H24N4O7S. The maximum atomic E-state index is 11.6. The third-order valence-electron chi connectivity index (χ3n) is 1.89. The molecule has 0 bridgehead atoms. The van der Waals surface area contributed by atoms with E-state index >= 15 is 0 Å². The fraction of sp³-hybridized carbons (Fsp3) is 0.600. The van der Waals surface area contributed by atoms with Crippen LogP contribution in [0.3, 0.4) is 0 Å². The van der Waals surface area contributed by atoms with Gasteiger partial charge in [-0.15, -0.1) is 0 Å². The minimum atomic E-state index is -5.17. The lowest BCUT2D eigenvalue weighted by Crippen LogP contribution is -2.44. The Morgan fingerprint density at radius 1 is 1.27 bits per heavy atom. The lowest BCUT2D eigenvalue weighted by atomic mass is 10.2. The van der Waals surface area contributed by atoms with Crippen molar-refractivity contribution < 1.29 is 31.8 Å². The number of carbonyl (C=O) groups excluding carboxylic acids is 2. The maximum absolute atomic E-state index is 11.6. The topological polar surface area (TPSA) is 226 Å². The van der Waals surface area contributed by atoms with Crippen LogP contribution in [0, 0.1) is 0 Å². The molecule has 2 amide bonds. The Morgan fingerprint density at radius 3 is 2.00 bits per heavy atom. The van der Waals surface area contributed by atoms with Gasteiger partial charge in [0.05, 0.1) is 0 Å². The summed E-state index contributed by atoms with van der Waals surface area (Å²) in [7, 11) is -5.17. The van der Waals surface area contributed by atoms with Crippen molar-refractivity contribution in [2.45, 2.75) is 38.8 Å². The third-order valence-corrected chi connectivity index (χ3v) is 1.89. The molecule has 0 radical (unpaired) electrons. The van der Waals surface area contributed by atoms with Gasteiger partial charge in [0.2, 0.25) is 5.91 Å². The molecule has 0 fully saturated rings. The molecule has 11 nitrogen and oxygen atoms in total.